The first-order valence-electron chi connectivity index (χ1n) is 11.4. The van der Waals surface area contributed by atoms with Gasteiger partial charge in [0.2, 0.25) is 11.2 Å². The average molecular weight is 464 g/mol. The first-order valence-corrected chi connectivity index (χ1v) is 11.4. The van der Waals surface area contributed by atoms with Crippen LogP contribution in [0.4, 0.5) is 0 Å². The molecule has 5 heteroatoms. The maximum Gasteiger partial charge on any atom is 0.235 e. The van der Waals surface area contributed by atoms with Crippen LogP contribution in [-0.4, -0.2) is 17.1 Å². The Bertz CT molecular complexity index is 1490. The van der Waals surface area contributed by atoms with Gasteiger partial charge in [-0.1, -0.05) is 72.8 Å². The molecule has 0 bridgehead atoms. The van der Waals surface area contributed by atoms with Crippen LogP contribution in [0.15, 0.2) is 113 Å². The molecule has 0 saturated carbocycles. The number of nitrogens with zero attached hydrogens (tertiary/aromatic N) is 1. The van der Waals surface area contributed by atoms with Crippen LogP contribution in [0.25, 0.3) is 22.1 Å². The highest BCUT2D eigenvalue weighted by Gasteiger charge is 2.17. The van der Waals surface area contributed by atoms with E-state index < -0.39 is 0 Å². The summed E-state index contributed by atoms with van der Waals surface area (Å²) < 4.78 is 11.7. The molecule has 5 rings (SSSR count). The van der Waals surface area contributed by atoms with Crippen molar-refractivity contribution in [2.45, 2.75) is 13.1 Å². The fraction of sp³-hybridized carbons (Fsp3) is 0.100. The Morgan fingerprint density at radius 3 is 2.17 bits per heavy atom. The highest BCUT2D eigenvalue weighted by Crippen LogP contribution is 2.30. The van der Waals surface area contributed by atoms with E-state index in [2.05, 4.69) is 17.0 Å². The van der Waals surface area contributed by atoms with Gasteiger partial charge in [-0.2, -0.15) is 0 Å². The molecule has 35 heavy (non-hydrogen) atoms. The predicted molar refractivity (Wildman–Crippen MR) is 138 cm³/mol. The lowest BCUT2D eigenvalue weighted by Gasteiger charge is -2.18. The van der Waals surface area contributed by atoms with E-state index in [9.17, 15) is 9.90 Å². The molecular formula is C30H25NO4. The van der Waals surface area contributed by atoms with E-state index in [1.165, 1.54) is 12.3 Å². The van der Waals surface area contributed by atoms with Gasteiger partial charge in [0.25, 0.3) is 0 Å². The summed E-state index contributed by atoms with van der Waals surface area (Å²) >= 11 is 0. The molecule has 0 aliphatic heterocycles. The Morgan fingerprint density at radius 1 is 0.800 bits per heavy atom. The van der Waals surface area contributed by atoms with Gasteiger partial charge in [-0.3, -0.25) is 9.69 Å². The zero-order chi connectivity index (χ0) is 24.2. The van der Waals surface area contributed by atoms with E-state index in [0.29, 0.717) is 35.4 Å². The first kappa shape index (κ1) is 22.4. The SMILES string of the molecule is CN(Cc1ccccc1)Cc1c(O)ccc2c(=O)c(Oc3ccc(-c4ccccc4)cc3)coc12. The molecule has 5 nitrogen and oxygen atoms in total. The molecule has 5 aromatic rings. The maximum atomic E-state index is 13.2. The summed E-state index contributed by atoms with van der Waals surface area (Å²) in [4.78, 5) is 15.2. The molecule has 0 saturated heterocycles. The average Bonchev–Trinajstić information content (AvgIpc) is 2.89. The Balaban J connectivity index is 1.39. The predicted octanol–water partition coefficient (Wildman–Crippen LogP) is 6.59. The highest BCUT2D eigenvalue weighted by atomic mass is 16.5. The van der Waals surface area contributed by atoms with E-state index in [4.69, 9.17) is 9.15 Å². The van der Waals surface area contributed by atoms with Crippen LogP contribution in [0.3, 0.4) is 0 Å². The third kappa shape index (κ3) is 4.95. The van der Waals surface area contributed by atoms with Crippen molar-refractivity contribution in [1.82, 2.24) is 4.90 Å². The van der Waals surface area contributed by atoms with E-state index >= 15 is 0 Å². The van der Waals surface area contributed by atoms with Gasteiger partial charge < -0.3 is 14.3 Å². The van der Waals surface area contributed by atoms with Gasteiger partial charge in [0, 0.05) is 13.1 Å². The number of ether oxygens (including phenoxy) is 1. The largest absolute Gasteiger partial charge is 0.507 e. The lowest BCUT2D eigenvalue weighted by Crippen LogP contribution is -2.18. The van der Waals surface area contributed by atoms with Gasteiger partial charge in [-0.05, 0) is 48.0 Å². The standard InChI is InChI=1S/C30H25NO4/c1-31(18-21-8-4-2-5-9-21)19-26-27(32)17-16-25-29(33)28(20-34-30(25)26)35-24-14-12-23(13-15-24)22-10-6-3-7-11-22/h2-17,20,32H,18-19H2,1H3. The van der Waals surface area contributed by atoms with Crippen molar-refractivity contribution < 1.29 is 14.3 Å². The monoisotopic (exact) mass is 463 g/mol. The molecule has 0 radical (unpaired) electrons. The van der Waals surface area contributed by atoms with Crippen molar-refractivity contribution in [3.05, 3.63) is 125 Å². The van der Waals surface area contributed by atoms with Crippen LogP contribution in [0.2, 0.25) is 0 Å². The number of rotatable bonds is 7. The molecule has 1 N–H and O–H groups in total. The van der Waals surface area contributed by atoms with Crippen LogP contribution in [0.1, 0.15) is 11.1 Å². The lowest BCUT2D eigenvalue weighted by molar-refractivity contribution is 0.312. The normalized spacial score (nSPS) is 11.1. The van der Waals surface area contributed by atoms with Gasteiger partial charge in [-0.25, -0.2) is 0 Å². The summed E-state index contributed by atoms with van der Waals surface area (Å²) in [5.41, 5.74) is 3.96. The van der Waals surface area contributed by atoms with Crippen LogP contribution in [-0.2, 0) is 13.1 Å². The molecule has 0 amide bonds. The van der Waals surface area contributed by atoms with Gasteiger partial charge in [0.15, 0.2) is 0 Å². The summed E-state index contributed by atoms with van der Waals surface area (Å²) in [6.07, 6.45) is 1.32. The van der Waals surface area contributed by atoms with Crippen LogP contribution in [0.5, 0.6) is 17.2 Å². The van der Waals surface area contributed by atoms with Gasteiger partial charge >= 0.3 is 0 Å². The Kier molecular flexibility index (Phi) is 6.33. The second-order valence-corrected chi connectivity index (χ2v) is 8.52. The highest BCUT2D eigenvalue weighted by molar-refractivity contribution is 5.83. The van der Waals surface area contributed by atoms with Crippen molar-refractivity contribution >= 4 is 11.0 Å². The molecule has 0 unspecified atom stereocenters. The molecule has 1 aromatic heterocycles. The molecule has 4 aromatic carbocycles. The molecule has 0 atom stereocenters. The maximum absolute atomic E-state index is 13.2. The first-order chi connectivity index (χ1) is 17.1. The molecule has 0 aliphatic rings. The number of hydrogen-bond acceptors (Lipinski definition) is 5. The smallest absolute Gasteiger partial charge is 0.235 e. The van der Waals surface area contributed by atoms with Gasteiger partial charge in [-0.15, -0.1) is 0 Å². The summed E-state index contributed by atoms with van der Waals surface area (Å²) in [6.45, 7) is 1.11. The zero-order valence-electron chi connectivity index (χ0n) is 19.3. The number of hydrogen-bond donors (Lipinski definition) is 1. The number of phenols is 1. The zero-order valence-corrected chi connectivity index (χ0v) is 19.3. The fourth-order valence-corrected chi connectivity index (χ4v) is 4.15. The molecular weight excluding hydrogens is 438 g/mol. The van der Waals surface area contributed by atoms with Crippen molar-refractivity contribution in [1.29, 1.82) is 0 Å². The molecule has 0 fully saturated rings. The Hall–Kier alpha value is -4.35. The quantitative estimate of drug-likeness (QED) is 0.295. The van der Waals surface area contributed by atoms with Crippen molar-refractivity contribution in [2.75, 3.05) is 7.05 Å². The second-order valence-electron chi connectivity index (χ2n) is 8.52. The number of phenolic OH excluding ortho intramolecular Hbond substituents is 1. The minimum absolute atomic E-state index is 0.0886. The molecule has 0 aliphatic carbocycles. The van der Waals surface area contributed by atoms with Gasteiger partial charge in [0.05, 0.1) is 10.9 Å². The van der Waals surface area contributed by atoms with E-state index in [0.717, 1.165) is 16.7 Å². The minimum atomic E-state index is -0.287. The van der Waals surface area contributed by atoms with Gasteiger partial charge in [0.1, 0.15) is 23.3 Å². The minimum Gasteiger partial charge on any atom is -0.507 e. The third-order valence-electron chi connectivity index (χ3n) is 5.90. The lowest BCUT2D eigenvalue weighted by atomic mass is 10.1. The Labute approximate surface area is 203 Å². The van der Waals surface area contributed by atoms with Crippen molar-refractivity contribution in [3.63, 3.8) is 0 Å². The Morgan fingerprint density at radius 2 is 1.46 bits per heavy atom. The van der Waals surface area contributed by atoms with Crippen LogP contribution in [0, 0.1) is 0 Å². The number of fused-ring (bicyclic) bond motifs is 1. The summed E-state index contributed by atoms with van der Waals surface area (Å²) in [6, 6.07) is 30.8. The summed E-state index contributed by atoms with van der Waals surface area (Å²) in [5.74, 6) is 0.725. The topological polar surface area (TPSA) is 62.9 Å². The van der Waals surface area contributed by atoms with E-state index in [1.807, 2.05) is 79.8 Å². The fourth-order valence-electron chi connectivity index (χ4n) is 4.15. The van der Waals surface area contributed by atoms with E-state index in [-0.39, 0.29) is 16.9 Å². The van der Waals surface area contributed by atoms with Crippen LogP contribution >= 0.6 is 0 Å². The number of benzene rings is 4. The summed E-state index contributed by atoms with van der Waals surface area (Å²) in [7, 11) is 1.96. The van der Waals surface area contributed by atoms with Crippen molar-refractivity contribution in [3.8, 4) is 28.4 Å². The second kappa shape index (κ2) is 9.87. The third-order valence-corrected chi connectivity index (χ3v) is 5.90. The van der Waals surface area contributed by atoms with Crippen LogP contribution < -0.4 is 10.2 Å². The molecule has 1 heterocycles. The van der Waals surface area contributed by atoms with E-state index in [1.54, 1.807) is 6.07 Å². The summed E-state index contributed by atoms with van der Waals surface area (Å²) in [5, 5.41) is 10.9. The molecule has 0 spiro atoms. The number of aromatic hydroxyl groups is 1. The molecule has 174 valence electrons. The van der Waals surface area contributed by atoms with Crippen molar-refractivity contribution in [2.24, 2.45) is 0 Å².